The summed E-state index contributed by atoms with van der Waals surface area (Å²) in [7, 11) is 1.65. The molecule has 0 radical (unpaired) electrons. The van der Waals surface area contributed by atoms with Crippen LogP contribution in [0.4, 0.5) is 0 Å². The molecule has 0 spiro atoms. The molecule has 4 nitrogen and oxygen atoms in total. The summed E-state index contributed by atoms with van der Waals surface area (Å²) in [5.41, 5.74) is 1.05. The second-order valence-corrected chi connectivity index (χ2v) is 7.72. The van der Waals surface area contributed by atoms with E-state index < -0.39 is 0 Å². The molecule has 1 saturated heterocycles. The van der Waals surface area contributed by atoms with E-state index in [0.717, 1.165) is 24.4 Å². The minimum atomic E-state index is -0.134. The van der Waals surface area contributed by atoms with Gasteiger partial charge in [0.15, 0.2) is 0 Å². The molecule has 0 aromatic heterocycles. The van der Waals surface area contributed by atoms with Gasteiger partial charge in [-0.2, -0.15) is 0 Å². The van der Waals surface area contributed by atoms with Crippen LogP contribution in [0.5, 0.6) is 5.75 Å². The molecule has 1 amide bonds. The third-order valence-electron chi connectivity index (χ3n) is 5.08. The maximum Gasteiger partial charge on any atom is 0.227 e. The van der Waals surface area contributed by atoms with Crippen molar-refractivity contribution in [2.45, 2.75) is 52.0 Å². The number of nitrogens with zero attached hydrogens (tertiary/aromatic N) is 1. The zero-order chi connectivity index (χ0) is 17.7. The number of carbonyl (C=O) groups is 1. The minimum Gasteiger partial charge on any atom is -0.497 e. The van der Waals surface area contributed by atoms with E-state index >= 15 is 0 Å². The van der Waals surface area contributed by atoms with Gasteiger partial charge in [-0.15, -0.1) is 0 Å². The summed E-state index contributed by atoms with van der Waals surface area (Å²) < 4.78 is 5.21. The molecular weight excluding hydrogens is 300 g/mol. The number of likely N-dealkylation sites (tertiary alicyclic amines) is 1. The molecule has 0 aliphatic carbocycles. The van der Waals surface area contributed by atoms with Crippen LogP contribution in [0.1, 0.15) is 52.0 Å². The van der Waals surface area contributed by atoms with Gasteiger partial charge in [-0.1, -0.05) is 26.0 Å². The molecule has 4 heteroatoms. The van der Waals surface area contributed by atoms with E-state index in [2.05, 4.69) is 37.9 Å². The molecule has 134 valence electrons. The first-order chi connectivity index (χ1) is 11.3. The number of methoxy groups -OCH3 is 1. The Bertz CT molecular complexity index is 531. The van der Waals surface area contributed by atoms with Crippen molar-refractivity contribution in [2.75, 3.05) is 26.7 Å². The van der Waals surface area contributed by atoms with Crippen molar-refractivity contribution in [1.82, 2.24) is 10.2 Å². The Balaban J connectivity index is 2.03. The van der Waals surface area contributed by atoms with Gasteiger partial charge in [0.25, 0.3) is 0 Å². The first kappa shape index (κ1) is 18.8. The van der Waals surface area contributed by atoms with Crippen LogP contribution in [0.15, 0.2) is 24.3 Å². The highest BCUT2D eigenvalue weighted by atomic mass is 16.5. The van der Waals surface area contributed by atoms with Gasteiger partial charge in [0.05, 0.1) is 13.0 Å². The monoisotopic (exact) mass is 332 g/mol. The molecule has 1 aromatic carbocycles. The zero-order valence-electron chi connectivity index (χ0n) is 15.8. The van der Waals surface area contributed by atoms with Crippen LogP contribution in [-0.4, -0.2) is 43.1 Å². The summed E-state index contributed by atoms with van der Waals surface area (Å²) in [6, 6.07) is 7.84. The van der Waals surface area contributed by atoms with E-state index in [9.17, 15) is 4.79 Å². The lowest BCUT2D eigenvalue weighted by molar-refractivity contribution is -0.124. The van der Waals surface area contributed by atoms with E-state index in [-0.39, 0.29) is 23.3 Å². The summed E-state index contributed by atoms with van der Waals surface area (Å²) in [6.07, 6.45) is 2.52. The SMILES string of the molecule is COc1ccc(C(C(=O)NCC(C)(C)N2CCCC2)C(C)C)cc1. The number of carbonyl (C=O) groups excluding carboxylic acids is 1. The maximum absolute atomic E-state index is 12.8. The highest BCUT2D eigenvalue weighted by Crippen LogP contribution is 2.27. The molecule has 0 bridgehead atoms. The van der Waals surface area contributed by atoms with Crippen LogP contribution >= 0.6 is 0 Å². The fourth-order valence-corrected chi connectivity index (χ4v) is 3.50. The summed E-state index contributed by atoms with van der Waals surface area (Å²) in [5, 5.41) is 3.20. The highest BCUT2D eigenvalue weighted by Gasteiger charge is 2.31. The minimum absolute atomic E-state index is 0.00754. The van der Waals surface area contributed by atoms with Gasteiger partial charge < -0.3 is 10.1 Å². The average Bonchev–Trinajstić information content (AvgIpc) is 3.09. The van der Waals surface area contributed by atoms with E-state index in [4.69, 9.17) is 4.74 Å². The van der Waals surface area contributed by atoms with Gasteiger partial charge in [0.1, 0.15) is 5.75 Å². The van der Waals surface area contributed by atoms with Gasteiger partial charge in [0, 0.05) is 12.1 Å². The Morgan fingerprint density at radius 2 is 1.79 bits per heavy atom. The van der Waals surface area contributed by atoms with Crippen LogP contribution in [0.3, 0.4) is 0 Å². The number of nitrogens with one attached hydrogen (secondary N) is 1. The third kappa shape index (κ3) is 4.50. The number of amides is 1. The average molecular weight is 332 g/mol. The smallest absolute Gasteiger partial charge is 0.227 e. The number of hydrogen-bond acceptors (Lipinski definition) is 3. The molecule has 2 rings (SSSR count). The summed E-state index contributed by atoms with van der Waals surface area (Å²) in [5.74, 6) is 1.04. The lowest BCUT2D eigenvalue weighted by Gasteiger charge is -2.36. The quantitative estimate of drug-likeness (QED) is 0.832. The van der Waals surface area contributed by atoms with Gasteiger partial charge >= 0.3 is 0 Å². The Kier molecular flexibility index (Phi) is 6.27. The lowest BCUT2D eigenvalue weighted by atomic mass is 9.87. The third-order valence-corrected chi connectivity index (χ3v) is 5.08. The van der Waals surface area contributed by atoms with E-state index in [1.165, 1.54) is 12.8 Å². The fourth-order valence-electron chi connectivity index (χ4n) is 3.50. The second-order valence-electron chi connectivity index (χ2n) is 7.72. The van der Waals surface area contributed by atoms with E-state index in [0.29, 0.717) is 6.54 Å². The van der Waals surface area contributed by atoms with Gasteiger partial charge in [-0.3, -0.25) is 9.69 Å². The van der Waals surface area contributed by atoms with Crippen LogP contribution in [0.25, 0.3) is 0 Å². The molecule has 1 atom stereocenters. The first-order valence-corrected chi connectivity index (χ1v) is 9.02. The lowest BCUT2D eigenvalue weighted by Crippen LogP contribution is -2.51. The molecule has 1 aliphatic rings. The van der Waals surface area contributed by atoms with Crippen LogP contribution in [0, 0.1) is 5.92 Å². The molecular formula is C20H32N2O2. The fraction of sp³-hybridized carbons (Fsp3) is 0.650. The Hall–Kier alpha value is -1.55. The van der Waals surface area contributed by atoms with Crippen molar-refractivity contribution in [3.8, 4) is 5.75 Å². The van der Waals surface area contributed by atoms with Crippen LogP contribution < -0.4 is 10.1 Å². The molecule has 1 aromatic rings. The number of ether oxygens (including phenoxy) is 1. The van der Waals surface area contributed by atoms with E-state index in [1.807, 2.05) is 24.3 Å². The normalized spacial score (nSPS) is 17.1. The van der Waals surface area contributed by atoms with Crippen molar-refractivity contribution in [3.63, 3.8) is 0 Å². The van der Waals surface area contributed by atoms with Crippen LogP contribution in [0.2, 0.25) is 0 Å². The molecule has 0 saturated carbocycles. The first-order valence-electron chi connectivity index (χ1n) is 9.02. The second kappa shape index (κ2) is 8.02. The highest BCUT2D eigenvalue weighted by molar-refractivity contribution is 5.84. The van der Waals surface area contributed by atoms with Crippen molar-refractivity contribution >= 4 is 5.91 Å². The molecule has 1 unspecified atom stereocenters. The standard InChI is InChI=1S/C20H32N2O2/c1-15(2)18(16-8-10-17(24-5)11-9-16)19(23)21-14-20(3,4)22-12-6-7-13-22/h8-11,15,18H,6-7,12-14H2,1-5H3,(H,21,23). The van der Waals surface area contributed by atoms with Crippen molar-refractivity contribution < 1.29 is 9.53 Å². The topological polar surface area (TPSA) is 41.6 Å². The molecule has 1 fully saturated rings. The number of hydrogen-bond donors (Lipinski definition) is 1. The van der Waals surface area contributed by atoms with Gasteiger partial charge in [-0.05, 0) is 63.4 Å². The van der Waals surface area contributed by atoms with Crippen LogP contribution in [-0.2, 0) is 4.79 Å². The van der Waals surface area contributed by atoms with Gasteiger partial charge in [0.2, 0.25) is 5.91 Å². The van der Waals surface area contributed by atoms with Crippen molar-refractivity contribution in [1.29, 1.82) is 0 Å². The Morgan fingerprint density at radius 3 is 2.29 bits per heavy atom. The molecule has 1 heterocycles. The summed E-state index contributed by atoms with van der Waals surface area (Å²) >= 11 is 0. The van der Waals surface area contributed by atoms with Crippen molar-refractivity contribution in [2.24, 2.45) is 5.92 Å². The number of rotatable bonds is 7. The predicted molar refractivity (Wildman–Crippen MR) is 98.5 cm³/mol. The maximum atomic E-state index is 12.8. The molecule has 1 aliphatic heterocycles. The Morgan fingerprint density at radius 1 is 1.21 bits per heavy atom. The molecule has 24 heavy (non-hydrogen) atoms. The van der Waals surface area contributed by atoms with Gasteiger partial charge in [-0.25, -0.2) is 0 Å². The number of benzene rings is 1. The van der Waals surface area contributed by atoms with E-state index in [1.54, 1.807) is 7.11 Å². The zero-order valence-corrected chi connectivity index (χ0v) is 15.8. The summed E-state index contributed by atoms with van der Waals surface area (Å²) in [6.45, 7) is 11.6. The molecule has 1 N–H and O–H groups in total. The Labute approximate surface area is 146 Å². The predicted octanol–water partition coefficient (Wildman–Crippen LogP) is 3.43. The largest absolute Gasteiger partial charge is 0.497 e. The summed E-state index contributed by atoms with van der Waals surface area (Å²) in [4.78, 5) is 15.3. The van der Waals surface area contributed by atoms with Crippen molar-refractivity contribution in [3.05, 3.63) is 29.8 Å².